The first kappa shape index (κ1) is 21.0. The first-order chi connectivity index (χ1) is 15.1. The summed E-state index contributed by atoms with van der Waals surface area (Å²) in [5.41, 5.74) is 5.39. The number of carbonyl (C=O) groups is 1. The van der Waals surface area contributed by atoms with Crippen LogP contribution >= 0.6 is 0 Å². The summed E-state index contributed by atoms with van der Waals surface area (Å²) in [6, 6.07) is 19.2. The fourth-order valence-corrected chi connectivity index (χ4v) is 3.65. The van der Waals surface area contributed by atoms with Gasteiger partial charge in [0.05, 0.1) is 20.8 Å². The van der Waals surface area contributed by atoms with Crippen molar-refractivity contribution in [2.24, 2.45) is 0 Å². The van der Waals surface area contributed by atoms with E-state index in [0.717, 1.165) is 33.4 Å². The molecule has 4 rings (SSSR count). The number of hydrogen-bond acceptors (Lipinski definition) is 5. The van der Waals surface area contributed by atoms with Crippen molar-refractivity contribution in [1.82, 2.24) is 0 Å². The molecule has 0 unspecified atom stereocenters. The maximum absolute atomic E-state index is 12.5. The number of hydrogen-bond donors (Lipinski definition) is 2. The lowest BCUT2D eigenvalue weighted by atomic mass is 9.78. The summed E-state index contributed by atoms with van der Waals surface area (Å²) >= 11 is 0. The van der Waals surface area contributed by atoms with Gasteiger partial charge in [0, 0.05) is 18.2 Å². The summed E-state index contributed by atoms with van der Waals surface area (Å²) in [6.45, 7) is 0.423. The molecule has 0 fully saturated rings. The van der Waals surface area contributed by atoms with E-state index in [1.165, 1.54) is 0 Å². The number of nitrogens with one attached hydrogen (secondary N) is 1. The molecule has 7 heteroatoms. The molecule has 0 saturated carbocycles. The fourth-order valence-electron chi connectivity index (χ4n) is 3.65. The first-order valence-electron chi connectivity index (χ1n) is 10.1. The Morgan fingerprint density at radius 2 is 1.81 bits per heavy atom. The lowest BCUT2D eigenvalue weighted by molar-refractivity contribution is -0.116. The average Bonchev–Trinajstić information content (AvgIpc) is 3.17. The largest absolute Gasteiger partial charge is 0.497 e. The van der Waals surface area contributed by atoms with Crippen LogP contribution in [-0.4, -0.2) is 32.3 Å². The summed E-state index contributed by atoms with van der Waals surface area (Å²) in [7, 11) is 2.36. The molecular formula is C24H24BNO5. The average molecular weight is 417 g/mol. The third-order valence-electron chi connectivity index (χ3n) is 5.34. The molecule has 0 spiro atoms. The fraction of sp³-hybridized carbons (Fsp3) is 0.208. The van der Waals surface area contributed by atoms with Gasteiger partial charge in [0.25, 0.3) is 0 Å². The van der Waals surface area contributed by atoms with E-state index in [4.69, 9.17) is 14.1 Å². The van der Waals surface area contributed by atoms with Crippen molar-refractivity contribution in [3.05, 3.63) is 71.8 Å². The van der Waals surface area contributed by atoms with Crippen molar-refractivity contribution in [2.45, 2.75) is 19.4 Å². The summed E-state index contributed by atoms with van der Waals surface area (Å²) < 4.78 is 15.9. The van der Waals surface area contributed by atoms with Crippen molar-refractivity contribution < 1.29 is 23.9 Å². The Balaban J connectivity index is 1.42. The van der Waals surface area contributed by atoms with Crippen LogP contribution in [0.15, 0.2) is 60.7 Å². The number of amides is 1. The van der Waals surface area contributed by atoms with Crippen LogP contribution in [0.2, 0.25) is 0 Å². The molecule has 3 aromatic carbocycles. The summed E-state index contributed by atoms with van der Waals surface area (Å²) in [5.74, 6) is 1.33. The van der Waals surface area contributed by atoms with Gasteiger partial charge in [-0.1, -0.05) is 30.3 Å². The molecular weight excluding hydrogens is 393 g/mol. The van der Waals surface area contributed by atoms with Crippen molar-refractivity contribution in [3.8, 4) is 22.6 Å². The van der Waals surface area contributed by atoms with Gasteiger partial charge in [0.15, 0.2) is 0 Å². The Bertz CT molecular complexity index is 1080. The molecule has 2 N–H and O–H groups in total. The van der Waals surface area contributed by atoms with E-state index >= 15 is 0 Å². The van der Waals surface area contributed by atoms with Crippen LogP contribution in [0.4, 0.5) is 5.69 Å². The van der Waals surface area contributed by atoms with Crippen LogP contribution in [0.25, 0.3) is 11.1 Å². The molecule has 1 aliphatic rings. The van der Waals surface area contributed by atoms with E-state index in [2.05, 4.69) is 5.32 Å². The minimum absolute atomic E-state index is 0.0716. The van der Waals surface area contributed by atoms with Gasteiger partial charge in [-0.15, -0.1) is 0 Å². The number of methoxy groups -OCH3 is 2. The molecule has 1 amide bonds. The summed E-state index contributed by atoms with van der Waals surface area (Å²) in [4.78, 5) is 12.5. The molecule has 3 aromatic rings. The molecule has 0 aliphatic carbocycles. The molecule has 0 aromatic heterocycles. The quantitative estimate of drug-likeness (QED) is 0.578. The summed E-state index contributed by atoms with van der Waals surface area (Å²) in [5, 5.41) is 12.8. The predicted octanol–water partition coefficient (Wildman–Crippen LogP) is 3.16. The smallest absolute Gasteiger partial charge is 0.491 e. The topological polar surface area (TPSA) is 77.0 Å². The molecule has 0 saturated heterocycles. The zero-order valence-corrected chi connectivity index (χ0v) is 17.6. The Labute approximate surface area is 181 Å². The number of aryl methyl sites for hydroxylation is 1. The first-order valence-corrected chi connectivity index (χ1v) is 10.1. The highest BCUT2D eigenvalue weighted by Crippen LogP contribution is 2.31. The van der Waals surface area contributed by atoms with Gasteiger partial charge in [-0.2, -0.15) is 0 Å². The second kappa shape index (κ2) is 9.24. The number of fused-ring (bicyclic) bond motifs is 1. The number of rotatable bonds is 7. The zero-order valence-electron chi connectivity index (χ0n) is 17.6. The maximum atomic E-state index is 12.5. The Morgan fingerprint density at radius 1 is 1.03 bits per heavy atom. The van der Waals surface area contributed by atoms with Crippen molar-refractivity contribution in [2.75, 3.05) is 19.5 Å². The van der Waals surface area contributed by atoms with E-state index in [-0.39, 0.29) is 5.91 Å². The van der Waals surface area contributed by atoms with Gasteiger partial charge in [0.1, 0.15) is 11.5 Å². The Kier molecular flexibility index (Phi) is 6.25. The zero-order chi connectivity index (χ0) is 21.8. The molecule has 1 aliphatic heterocycles. The van der Waals surface area contributed by atoms with E-state index < -0.39 is 7.12 Å². The highest BCUT2D eigenvalue weighted by molar-refractivity contribution is 6.61. The van der Waals surface area contributed by atoms with Crippen LogP contribution in [0.5, 0.6) is 11.5 Å². The SMILES string of the molecule is COc1cc(OC)cc(-c2cccc(NC(=O)CCc3ccc4c(c3)B(O)OC4)c2)c1. The Morgan fingerprint density at radius 3 is 2.55 bits per heavy atom. The molecule has 158 valence electrons. The number of carbonyl (C=O) groups excluding carboxylic acids is 1. The third-order valence-corrected chi connectivity index (χ3v) is 5.34. The van der Waals surface area contributed by atoms with Crippen molar-refractivity contribution in [3.63, 3.8) is 0 Å². The standard InChI is InChI=1S/C24H24BNO5/c1-29-21-12-19(13-22(14-21)30-2)17-4-3-5-20(11-17)26-24(27)9-7-16-6-8-18-15-31-25(28)23(18)10-16/h3-6,8,10-14,28H,7,9,15H2,1-2H3,(H,26,27). The molecule has 0 bridgehead atoms. The maximum Gasteiger partial charge on any atom is 0.491 e. The number of ether oxygens (including phenoxy) is 2. The predicted molar refractivity (Wildman–Crippen MR) is 121 cm³/mol. The Hall–Kier alpha value is -3.29. The highest BCUT2D eigenvalue weighted by atomic mass is 16.5. The normalized spacial score (nSPS) is 12.4. The minimum Gasteiger partial charge on any atom is -0.497 e. The van der Waals surface area contributed by atoms with Gasteiger partial charge >= 0.3 is 7.12 Å². The summed E-state index contributed by atoms with van der Waals surface area (Å²) in [6.07, 6.45) is 0.922. The number of anilines is 1. The molecule has 1 heterocycles. The van der Waals surface area contributed by atoms with Crippen molar-refractivity contribution in [1.29, 1.82) is 0 Å². The molecule has 0 radical (unpaired) electrons. The van der Waals surface area contributed by atoms with Gasteiger partial charge in [-0.05, 0) is 58.4 Å². The van der Waals surface area contributed by atoms with Crippen LogP contribution in [0, 0.1) is 0 Å². The molecule has 0 atom stereocenters. The lowest BCUT2D eigenvalue weighted by Gasteiger charge is -2.11. The van der Waals surface area contributed by atoms with Gasteiger partial charge in [-0.25, -0.2) is 0 Å². The van der Waals surface area contributed by atoms with Gasteiger partial charge in [0.2, 0.25) is 5.91 Å². The van der Waals surface area contributed by atoms with Crippen LogP contribution in [-0.2, 0) is 22.5 Å². The van der Waals surface area contributed by atoms with Gasteiger partial charge in [-0.3, -0.25) is 4.79 Å². The molecule has 6 nitrogen and oxygen atoms in total. The van der Waals surface area contributed by atoms with Crippen LogP contribution in [0.1, 0.15) is 17.5 Å². The number of benzene rings is 3. The van der Waals surface area contributed by atoms with Gasteiger partial charge < -0.3 is 24.5 Å². The van der Waals surface area contributed by atoms with E-state index in [1.807, 2.05) is 60.7 Å². The third kappa shape index (κ3) is 4.90. The minimum atomic E-state index is -0.873. The highest BCUT2D eigenvalue weighted by Gasteiger charge is 2.27. The second-order valence-electron chi connectivity index (χ2n) is 7.43. The van der Waals surface area contributed by atoms with Crippen LogP contribution < -0.4 is 20.3 Å². The lowest BCUT2D eigenvalue weighted by Crippen LogP contribution is -2.28. The van der Waals surface area contributed by atoms with E-state index in [9.17, 15) is 9.82 Å². The van der Waals surface area contributed by atoms with E-state index in [1.54, 1.807) is 14.2 Å². The molecule has 31 heavy (non-hydrogen) atoms. The second-order valence-corrected chi connectivity index (χ2v) is 7.43. The monoisotopic (exact) mass is 417 g/mol. The van der Waals surface area contributed by atoms with E-state index in [0.29, 0.717) is 30.9 Å². The van der Waals surface area contributed by atoms with Crippen LogP contribution in [0.3, 0.4) is 0 Å². The van der Waals surface area contributed by atoms with Crippen molar-refractivity contribution >= 4 is 24.2 Å².